The van der Waals surface area contributed by atoms with E-state index in [1.54, 1.807) is 26.0 Å². The Kier molecular flexibility index (Phi) is 4.67. The van der Waals surface area contributed by atoms with Crippen LogP contribution in [0.1, 0.15) is 46.1 Å². The minimum Gasteiger partial charge on any atom is -0.462 e. The summed E-state index contributed by atoms with van der Waals surface area (Å²) in [5, 5.41) is 0.639. The van der Waals surface area contributed by atoms with E-state index in [4.69, 9.17) is 16.3 Å². The normalized spacial score (nSPS) is 23.8. The number of carbonyl (C=O) groups is 2. The zero-order valence-corrected chi connectivity index (χ0v) is 14.4. The van der Waals surface area contributed by atoms with E-state index in [1.807, 2.05) is 26.0 Å². The maximum atomic E-state index is 12.9. The van der Waals surface area contributed by atoms with Crippen molar-refractivity contribution in [3.05, 3.63) is 34.9 Å². The summed E-state index contributed by atoms with van der Waals surface area (Å²) in [6.07, 6.45) is 1.38. The number of esters is 1. The average molecular weight is 323 g/mol. The van der Waals surface area contributed by atoms with Crippen molar-refractivity contribution in [1.82, 2.24) is 0 Å². The Hall–Kier alpha value is -1.35. The van der Waals surface area contributed by atoms with E-state index in [-0.39, 0.29) is 11.9 Å². The lowest BCUT2D eigenvalue weighted by atomic mass is 9.75. The SMILES string of the molecule is CC(C)OC(=O)C1(Cc2ccc(Cl)cc2)CCC(C)(C)C1=O. The maximum Gasteiger partial charge on any atom is 0.320 e. The zero-order chi connectivity index (χ0) is 16.5. The summed E-state index contributed by atoms with van der Waals surface area (Å²) in [6.45, 7) is 7.42. The van der Waals surface area contributed by atoms with Crippen molar-refractivity contribution in [2.24, 2.45) is 10.8 Å². The Morgan fingerprint density at radius 3 is 2.27 bits per heavy atom. The highest BCUT2D eigenvalue weighted by Gasteiger charge is 2.57. The summed E-state index contributed by atoms with van der Waals surface area (Å²) in [5.74, 6) is -0.409. The van der Waals surface area contributed by atoms with Crippen LogP contribution in [-0.2, 0) is 20.7 Å². The molecule has 0 heterocycles. The third-order valence-electron chi connectivity index (χ3n) is 4.38. The molecule has 0 radical (unpaired) electrons. The van der Waals surface area contributed by atoms with Crippen molar-refractivity contribution >= 4 is 23.4 Å². The van der Waals surface area contributed by atoms with Crippen LogP contribution in [0, 0.1) is 10.8 Å². The molecular formula is C18H23ClO3. The number of ketones is 1. The number of benzene rings is 1. The number of ether oxygens (including phenoxy) is 1. The fourth-order valence-corrected chi connectivity index (χ4v) is 3.24. The molecule has 1 atom stereocenters. The van der Waals surface area contributed by atoms with Crippen LogP contribution in [0.3, 0.4) is 0 Å². The van der Waals surface area contributed by atoms with Gasteiger partial charge >= 0.3 is 5.97 Å². The Balaban J connectivity index is 2.36. The minimum absolute atomic E-state index is 0.0133. The van der Waals surface area contributed by atoms with E-state index in [0.29, 0.717) is 24.3 Å². The molecule has 0 spiro atoms. The molecule has 1 aliphatic carbocycles. The Morgan fingerprint density at radius 1 is 1.23 bits per heavy atom. The predicted octanol–water partition coefficient (Wildman–Crippen LogP) is 4.21. The largest absolute Gasteiger partial charge is 0.462 e. The molecule has 1 unspecified atom stereocenters. The van der Waals surface area contributed by atoms with Crippen LogP contribution < -0.4 is 0 Å². The van der Waals surface area contributed by atoms with Crippen molar-refractivity contribution in [3.63, 3.8) is 0 Å². The quantitative estimate of drug-likeness (QED) is 0.616. The molecule has 4 heteroatoms. The molecule has 1 aromatic carbocycles. The van der Waals surface area contributed by atoms with Crippen LogP contribution in [0.15, 0.2) is 24.3 Å². The van der Waals surface area contributed by atoms with Gasteiger partial charge < -0.3 is 4.74 Å². The highest BCUT2D eigenvalue weighted by Crippen LogP contribution is 2.48. The predicted molar refractivity (Wildman–Crippen MR) is 86.8 cm³/mol. The lowest BCUT2D eigenvalue weighted by molar-refractivity contribution is -0.163. The molecule has 2 rings (SSSR count). The fraction of sp³-hybridized carbons (Fsp3) is 0.556. The van der Waals surface area contributed by atoms with Crippen molar-refractivity contribution in [2.45, 2.75) is 53.1 Å². The van der Waals surface area contributed by atoms with Gasteiger partial charge in [-0.15, -0.1) is 0 Å². The van der Waals surface area contributed by atoms with E-state index in [1.165, 1.54) is 0 Å². The number of carbonyl (C=O) groups excluding carboxylic acids is 2. The summed E-state index contributed by atoms with van der Waals surface area (Å²) in [7, 11) is 0. The van der Waals surface area contributed by atoms with Crippen LogP contribution in [0.25, 0.3) is 0 Å². The summed E-state index contributed by atoms with van der Waals surface area (Å²) in [4.78, 5) is 25.6. The summed E-state index contributed by atoms with van der Waals surface area (Å²) < 4.78 is 5.41. The first-order valence-corrected chi connectivity index (χ1v) is 8.06. The van der Waals surface area contributed by atoms with Gasteiger partial charge in [0.05, 0.1) is 6.10 Å². The highest BCUT2D eigenvalue weighted by molar-refractivity contribution is 6.30. The van der Waals surface area contributed by atoms with Crippen molar-refractivity contribution < 1.29 is 14.3 Å². The highest BCUT2D eigenvalue weighted by atomic mass is 35.5. The summed E-state index contributed by atoms with van der Waals surface area (Å²) in [6, 6.07) is 7.29. The van der Waals surface area contributed by atoms with Crippen LogP contribution in [0.4, 0.5) is 0 Å². The van der Waals surface area contributed by atoms with Gasteiger partial charge in [0, 0.05) is 10.4 Å². The van der Waals surface area contributed by atoms with Gasteiger partial charge in [-0.3, -0.25) is 9.59 Å². The fourth-order valence-electron chi connectivity index (χ4n) is 3.11. The average Bonchev–Trinajstić information content (AvgIpc) is 2.66. The molecule has 1 aromatic rings. The van der Waals surface area contributed by atoms with Crippen LogP contribution in [-0.4, -0.2) is 17.9 Å². The van der Waals surface area contributed by atoms with Gasteiger partial charge in [-0.1, -0.05) is 37.6 Å². The summed E-state index contributed by atoms with van der Waals surface area (Å²) in [5.41, 5.74) is -0.625. The van der Waals surface area contributed by atoms with Gasteiger partial charge in [0.2, 0.25) is 0 Å². The summed E-state index contributed by atoms with van der Waals surface area (Å²) >= 11 is 5.91. The number of hydrogen-bond donors (Lipinski definition) is 0. The molecule has 1 saturated carbocycles. The van der Waals surface area contributed by atoms with Crippen molar-refractivity contribution in [2.75, 3.05) is 0 Å². The second-order valence-corrected chi connectivity index (χ2v) is 7.49. The standard InChI is InChI=1S/C18H23ClO3/c1-12(2)22-16(21)18(10-9-17(3,4)15(18)20)11-13-5-7-14(19)8-6-13/h5-8,12H,9-11H2,1-4H3. The van der Waals surface area contributed by atoms with E-state index in [2.05, 4.69) is 0 Å². The van der Waals surface area contributed by atoms with Gasteiger partial charge in [-0.25, -0.2) is 0 Å². The van der Waals surface area contributed by atoms with Gasteiger partial charge in [0.1, 0.15) is 5.41 Å². The molecular weight excluding hydrogens is 300 g/mol. The lowest BCUT2D eigenvalue weighted by Gasteiger charge is -2.28. The van der Waals surface area contributed by atoms with E-state index in [9.17, 15) is 9.59 Å². The molecule has 0 saturated heterocycles. The monoisotopic (exact) mass is 322 g/mol. The first kappa shape index (κ1) is 17.0. The van der Waals surface area contributed by atoms with Gasteiger partial charge in [-0.05, 0) is 50.8 Å². The van der Waals surface area contributed by atoms with Crippen LogP contribution in [0.2, 0.25) is 5.02 Å². The third-order valence-corrected chi connectivity index (χ3v) is 4.63. The minimum atomic E-state index is -1.07. The third kappa shape index (κ3) is 3.19. The maximum absolute atomic E-state index is 12.9. The molecule has 0 aliphatic heterocycles. The van der Waals surface area contributed by atoms with E-state index < -0.39 is 16.8 Å². The van der Waals surface area contributed by atoms with Gasteiger partial charge in [0.25, 0.3) is 0 Å². The van der Waals surface area contributed by atoms with E-state index >= 15 is 0 Å². The molecule has 1 aliphatic rings. The molecule has 120 valence electrons. The molecule has 0 bridgehead atoms. The topological polar surface area (TPSA) is 43.4 Å². The van der Waals surface area contributed by atoms with Gasteiger partial charge in [0.15, 0.2) is 5.78 Å². The Morgan fingerprint density at radius 2 is 1.82 bits per heavy atom. The second-order valence-electron chi connectivity index (χ2n) is 7.05. The first-order valence-electron chi connectivity index (χ1n) is 7.68. The number of Topliss-reactive ketones (excluding diaryl/α,β-unsaturated/α-hetero) is 1. The zero-order valence-electron chi connectivity index (χ0n) is 13.6. The number of hydrogen-bond acceptors (Lipinski definition) is 3. The first-order chi connectivity index (χ1) is 10.2. The number of halogens is 1. The van der Waals surface area contributed by atoms with E-state index in [0.717, 1.165) is 5.56 Å². The van der Waals surface area contributed by atoms with Crippen LogP contribution >= 0.6 is 11.6 Å². The molecule has 0 aromatic heterocycles. The molecule has 0 N–H and O–H groups in total. The van der Waals surface area contributed by atoms with Gasteiger partial charge in [-0.2, -0.15) is 0 Å². The Labute approximate surface area is 137 Å². The Bertz CT molecular complexity index is 574. The second kappa shape index (κ2) is 6.04. The molecule has 3 nitrogen and oxygen atoms in total. The molecule has 0 amide bonds. The van der Waals surface area contributed by atoms with Crippen LogP contribution in [0.5, 0.6) is 0 Å². The lowest BCUT2D eigenvalue weighted by Crippen LogP contribution is -2.43. The molecule has 22 heavy (non-hydrogen) atoms. The van der Waals surface area contributed by atoms with Crippen molar-refractivity contribution in [1.29, 1.82) is 0 Å². The molecule has 1 fully saturated rings. The van der Waals surface area contributed by atoms with Crippen molar-refractivity contribution in [3.8, 4) is 0 Å². The number of rotatable bonds is 4. The smallest absolute Gasteiger partial charge is 0.320 e.